The molecular formula is C16H32O6Si. The van der Waals surface area contributed by atoms with Crippen molar-refractivity contribution >= 4 is 8.32 Å². The average molecular weight is 349 g/mol. The smallest absolute Gasteiger partial charge is 0.192 e. The van der Waals surface area contributed by atoms with E-state index in [0.29, 0.717) is 0 Å². The fourth-order valence-corrected chi connectivity index (χ4v) is 3.13. The van der Waals surface area contributed by atoms with Gasteiger partial charge in [0.15, 0.2) is 14.6 Å². The Morgan fingerprint density at radius 1 is 1.22 bits per heavy atom. The molecule has 0 aliphatic carbocycles. The summed E-state index contributed by atoms with van der Waals surface area (Å²) < 4.78 is 22.4. The second kappa shape index (κ2) is 8.20. The lowest BCUT2D eigenvalue weighted by molar-refractivity contribution is -0.299. The van der Waals surface area contributed by atoms with Gasteiger partial charge < -0.3 is 28.8 Å². The second-order valence-electron chi connectivity index (χ2n) is 7.42. The van der Waals surface area contributed by atoms with Crippen LogP contribution in [0.15, 0.2) is 12.7 Å². The summed E-state index contributed by atoms with van der Waals surface area (Å²) in [5.41, 5.74) is 0. The van der Waals surface area contributed by atoms with Crippen LogP contribution in [-0.2, 0) is 18.6 Å². The van der Waals surface area contributed by atoms with Gasteiger partial charge >= 0.3 is 0 Å². The summed E-state index contributed by atoms with van der Waals surface area (Å²) in [5, 5.41) is 20.7. The summed E-state index contributed by atoms with van der Waals surface area (Å²) in [6.45, 7) is 14.8. The summed E-state index contributed by atoms with van der Waals surface area (Å²) in [4.78, 5) is 0. The molecule has 0 aromatic carbocycles. The lowest BCUT2D eigenvalue weighted by Gasteiger charge is -2.43. The minimum atomic E-state index is -1.97. The molecule has 1 fully saturated rings. The molecule has 23 heavy (non-hydrogen) atoms. The average Bonchev–Trinajstić information content (AvgIpc) is 2.45. The van der Waals surface area contributed by atoms with Crippen molar-refractivity contribution in [3.05, 3.63) is 12.7 Å². The molecule has 1 rings (SSSR count). The van der Waals surface area contributed by atoms with Crippen LogP contribution in [0.1, 0.15) is 20.8 Å². The fraction of sp³-hybridized carbons (Fsp3) is 0.875. The van der Waals surface area contributed by atoms with Gasteiger partial charge in [-0.1, -0.05) is 26.8 Å². The van der Waals surface area contributed by atoms with Crippen molar-refractivity contribution < 1.29 is 28.8 Å². The molecule has 0 aromatic rings. The van der Waals surface area contributed by atoms with Crippen LogP contribution in [0.2, 0.25) is 18.1 Å². The first-order valence-electron chi connectivity index (χ1n) is 7.96. The topological polar surface area (TPSA) is 77.4 Å². The highest BCUT2D eigenvalue weighted by Crippen LogP contribution is 2.37. The first-order chi connectivity index (χ1) is 10.5. The van der Waals surface area contributed by atoms with Gasteiger partial charge in [-0.3, -0.25) is 0 Å². The summed E-state index contributed by atoms with van der Waals surface area (Å²) in [6, 6.07) is 0. The number of aliphatic hydroxyl groups is 2. The van der Waals surface area contributed by atoms with Crippen LogP contribution in [-0.4, -0.2) is 69.6 Å². The van der Waals surface area contributed by atoms with Gasteiger partial charge in [-0.2, -0.15) is 0 Å². The Bertz CT molecular complexity index is 381. The van der Waals surface area contributed by atoms with E-state index in [1.54, 1.807) is 6.08 Å². The van der Waals surface area contributed by atoms with Crippen LogP contribution >= 0.6 is 0 Å². The van der Waals surface area contributed by atoms with Crippen molar-refractivity contribution in [2.45, 2.75) is 69.6 Å². The molecule has 0 spiro atoms. The highest BCUT2D eigenvalue weighted by atomic mass is 28.4. The molecule has 0 radical (unpaired) electrons. The first kappa shape index (κ1) is 20.8. The number of rotatable bonds is 7. The molecule has 1 heterocycles. The van der Waals surface area contributed by atoms with Gasteiger partial charge in [-0.25, -0.2) is 0 Å². The Balaban J connectivity index is 2.78. The van der Waals surface area contributed by atoms with Crippen molar-refractivity contribution in [1.82, 2.24) is 0 Å². The van der Waals surface area contributed by atoms with E-state index in [9.17, 15) is 10.2 Å². The lowest BCUT2D eigenvalue weighted by Crippen LogP contribution is -2.60. The number of hydrogen-bond acceptors (Lipinski definition) is 6. The Morgan fingerprint density at radius 2 is 1.83 bits per heavy atom. The van der Waals surface area contributed by atoms with Crippen molar-refractivity contribution in [3.8, 4) is 0 Å². The minimum Gasteiger partial charge on any atom is -0.414 e. The van der Waals surface area contributed by atoms with Gasteiger partial charge in [0.25, 0.3) is 0 Å². The number of methoxy groups -OCH3 is 1. The predicted octanol–water partition coefficient (Wildman–Crippen LogP) is 1.67. The summed E-state index contributed by atoms with van der Waals surface area (Å²) in [5.74, 6) is 0. The molecule has 1 saturated heterocycles. The van der Waals surface area contributed by atoms with Crippen LogP contribution in [0.5, 0.6) is 0 Å². The van der Waals surface area contributed by atoms with Crippen molar-refractivity contribution in [3.63, 3.8) is 0 Å². The molecule has 0 saturated carbocycles. The van der Waals surface area contributed by atoms with E-state index >= 15 is 0 Å². The first-order valence-corrected chi connectivity index (χ1v) is 10.9. The monoisotopic (exact) mass is 348 g/mol. The molecule has 1 aliphatic rings. The van der Waals surface area contributed by atoms with Crippen molar-refractivity contribution in [2.75, 3.05) is 20.3 Å². The molecular weight excluding hydrogens is 316 g/mol. The summed E-state index contributed by atoms with van der Waals surface area (Å²) in [6.07, 6.45) is -2.79. The van der Waals surface area contributed by atoms with Crippen molar-refractivity contribution in [1.29, 1.82) is 0 Å². The van der Waals surface area contributed by atoms with Crippen LogP contribution in [0.25, 0.3) is 0 Å². The van der Waals surface area contributed by atoms with Crippen LogP contribution in [0.3, 0.4) is 0 Å². The van der Waals surface area contributed by atoms with Gasteiger partial charge in [-0.05, 0) is 18.1 Å². The zero-order chi connectivity index (χ0) is 17.8. The largest absolute Gasteiger partial charge is 0.414 e. The molecule has 0 aromatic heterocycles. The zero-order valence-electron chi connectivity index (χ0n) is 15.1. The van der Waals surface area contributed by atoms with E-state index in [1.807, 2.05) is 0 Å². The minimum absolute atomic E-state index is 0.0610. The van der Waals surface area contributed by atoms with E-state index < -0.39 is 39.0 Å². The molecule has 0 bridgehead atoms. The molecule has 0 unspecified atom stereocenters. The number of ether oxygens (including phenoxy) is 3. The van der Waals surface area contributed by atoms with Gasteiger partial charge in [0.2, 0.25) is 0 Å². The van der Waals surface area contributed by atoms with Crippen LogP contribution in [0.4, 0.5) is 0 Å². The Kier molecular flexibility index (Phi) is 7.40. The third-order valence-corrected chi connectivity index (χ3v) is 9.20. The molecule has 1 aliphatic heterocycles. The number of hydrogen-bond donors (Lipinski definition) is 2. The molecule has 7 heteroatoms. The van der Waals surface area contributed by atoms with Crippen LogP contribution in [0, 0.1) is 0 Å². The normalized spacial score (nSPS) is 32.8. The number of aliphatic hydroxyl groups excluding tert-OH is 2. The van der Waals surface area contributed by atoms with E-state index in [-0.39, 0.29) is 18.3 Å². The summed E-state index contributed by atoms with van der Waals surface area (Å²) in [7, 11) is -0.520. The highest BCUT2D eigenvalue weighted by Gasteiger charge is 2.47. The molecule has 136 valence electrons. The van der Waals surface area contributed by atoms with E-state index in [0.717, 1.165) is 0 Å². The predicted molar refractivity (Wildman–Crippen MR) is 90.8 cm³/mol. The van der Waals surface area contributed by atoms with E-state index in [2.05, 4.69) is 40.4 Å². The van der Waals surface area contributed by atoms with Crippen LogP contribution < -0.4 is 0 Å². The van der Waals surface area contributed by atoms with E-state index in [1.165, 1.54) is 7.11 Å². The maximum Gasteiger partial charge on any atom is 0.192 e. The molecule has 6 nitrogen and oxygen atoms in total. The van der Waals surface area contributed by atoms with Gasteiger partial charge in [0, 0.05) is 7.11 Å². The maximum atomic E-state index is 10.5. The molecule has 0 amide bonds. The van der Waals surface area contributed by atoms with Gasteiger partial charge in [-0.15, -0.1) is 6.58 Å². The SMILES string of the molecule is C=CCO[C@@H]1[C@H](O)[C@@H](OC)O[C@H](CO[Si](C)(C)C(C)(C)C)[C@H]1O. The lowest BCUT2D eigenvalue weighted by atomic mass is 9.99. The molecule has 5 atom stereocenters. The standard InChI is InChI=1S/C16H32O6Si/c1-8-9-20-14-12(17)11(22-15(19-5)13(14)18)10-21-23(6,7)16(2,3)4/h8,11-15,17-18H,1,9-10H2,2-7H3/t11-,12-,13+,14+,15+/m1/s1. The molecule has 2 N–H and O–H groups in total. The summed E-state index contributed by atoms with van der Waals surface area (Å²) >= 11 is 0. The Morgan fingerprint density at radius 3 is 2.30 bits per heavy atom. The highest BCUT2D eigenvalue weighted by molar-refractivity contribution is 6.74. The van der Waals surface area contributed by atoms with Gasteiger partial charge in [0.05, 0.1) is 13.2 Å². The fourth-order valence-electron chi connectivity index (χ4n) is 2.12. The second-order valence-corrected chi connectivity index (χ2v) is 12.2. The van der Waals surface area contributed by atoms with Crippen molar-refractivity contribution in [2.24, 2.45) is 0 Å². The Labute approximate surface area is 140 Å². The third kappa shape index (κ3) is 5.09. The third-order valence-electron chi connectivity index (χ3n) is 4.70. The zero-order valence-corrected chi connectivity index (χ0v) is 16.1. The van der Waals surface area contributed by atoms with Gasteiger partial charge in [0.1, 0.15) is 24.4 Å². The van der Waals surface area contributed by atoms with E-state index in [4.69, 9.17) is 18.6 Å². The Hall–Kier alpha value is -0.283. The maximum absolute atomic E-state index is 10.5. The quantitative estimate of drug-likeness (QED) is 0.538.